The molecule has 3 rings (SSSR count). The minimum Gasteiger partial charge on any atom is -0.444 e. The number of allylic oxidation sites excluding steroid dienone is 3. The van der Waals surface area contributed by atoms with Crippen molar-refractivity contribution in [3.8, 4) is 0 Å². The Labute approximate surface area is 206 Å². The van der Waals surface area contributed by atoms with E-state index in [2.05, 4.69) is 18.2 Å². The van der Waals surface area contributed by atoms with Gasteiger partial charge in [0, 0.05) is 41.1 Å². The van der Waals surface area contributed by atoms with Crippen LogP contribution in [0.5, 0.6) is 0 Å². The van der Waals surface area contributed by atoms with Crippen LogP contribution in [0.25, 0.3) is 0 Å². The number of cyclic esters (lactones) is 1. The Bertz CT molecular complexity index is 923. The molecule has 0 aliphatic carbocycles. The molecule has 1 aromatic rings. The number of hydrogen-bond donors (Lipinski definition) is 0. The number of nitrogens with zero attached hydrogens (tertiary/aromatic N) is 2. The number of rotatable bonds is 4. The average molecular weight is 526 g/mol. The topological polar surface area (TPSA) is 66.9 Å². The molecule has 2 aliphatic heterocycles. The normalized spacial score (nSPS) is 17.3. The summed E-state index contributed by atoms with van der Waals surface area (Å²) in [6, 6.07) is 5.29. The molecule has 0 radical (unpaired) electrons. The summed E-state index contributed by atoms with van der Waals surface area (Å²) in [6.45, 7) is 9.62. The third-order valence-electron chi connectivity index (χ3n) is 4.98. The number of carbonyl (C=O) groups is 1. The predicted octanol–water partition coefficient (Wildman–Crippen LogP) is 6.52. The number of anilines is 1. The first kappa shape index (κ1) is 28.8. The van der Waals surface area contributed by atoms with Crippen LogP contribution in [-0.2, 0) is 21.4 Å². The van der Waals surface area contributed by atoms with Gasteiger partial charge in [0.2, 0.25) is 10.0 Å². The van der Waals surface area contributed by atoms with Crippen LogP contribution < -0.4 is 4.90 Å². The van der Waals surface area contributed by atoms with Gasteiger partial charge in [-0.1, -0.05) is 42.8 Å². The van der Waals surface area contributed by atoms with Gasteiger partial charge < -0.3 is 4.74 Å². The number of sulfonamides is 1. The summed E-state index contributed by atoms with van der Waals surface area (Å²) < 4.78 is 32.1. The van der Waals surface area contributed by atoms with E-state index in [0.717, 1.165) is 11.3 Å². The number of amides is 1. The molecule has 1 amide bonds. The van der Waals surface area contributed by atoms with Crippen molar-refractivity contribution in [2.75, 3.05) is 24.4 Å². The van der Waals surface area contributed by atoms with Gasteiger partial charge in [-0.25, -0.2) is 13.2 Å². The van der Waals surface area contributed by atoms with Gasteiger partial charge in [-0.2, -0.15) is 4.31 Å². The minimum absolute atomic E-state index is 0.0927. The van der Waals surface area contributed by atoms with Crippen molar-refractivity contribution in [2.45, 2.75) is 52.7 Å². The molecular weight excluding hydrogens is 495 g/mol. The zero-order chi connectivity index (χ0) is 24.5. The first-order chi connectivity index (χ1) is 15.1. The summed E-state index contributed by atoms with van der Waals surface area (Å²) in [5.74, 6) is 0. The maximum atomic E-state index is 12.7. The number of carbonyl (C=O) groups excluding carboxylic acids is 1. The number of hydrogen-bond acceptors (Lipinski definition) is 4. The summed E-state index contributed by atoms with van der Waals surface area (Å²) >= 11 is 15.8. The van der Waals surface area contributed by atoms with Crippen LogP contribution in [0, 0.1) is 0 Å². The van der Waals surface area contributed by atoms with Gasteiger partial charge in [-0.3, -0.25) is 4.90 Å². The summed E-state index contributed by atoms with van der Waals surface area (Å²) in [7, 11) is -3.42. The van der Waals surface area contributed by atoms with Gasteiger partial charge in [0.1, 0.15) is 6.61 Å². The van der Waals surface area contributed by atoms with Crippen LogP contribution in [0.15, 0.2) is 40.8 Å². The van der Waals surface area contributed by atoms with E-state index >= 15 is 0 Å². The van der Waals surface area contributed by atoms with Crippen molar-refractivity contribution in [3.05, 3.63) is 51.4 Å². The summed E-state index contributed by atoms with van der Waals surface area (Å²) in [5.41, 5.74) is 1.67. The number of halogens is 3. The molecule has 0 N–H and O–H groups in total. The molecule has 0 aromatic heterocycles. The van der Waals surface area contributed by atoms with E-state index in [1.807, 2.05) is 13.0 Å². The maximum absolute atomic E-state index is 12.7. The van der Waals surface area contributed by atoms with Gasteiger partial charge in [0.15, 0.2) is 0 Å². The second-order valence-corrected chi connectivity index (χ2v) is 10.2. The molecule has 0 spiro atoms. The fourth-order valence-electron chi connectivity index (χ4n) is 3.60. The van der Waals surface area contributed by atoms with Gasteiger partial charge in [0.25, 0.3) is 0 Å². The number of piperidine rings is 1. The van der Waals surface area contributed by atoms with Crippen LogP contribution in [0.4, 0.5) is 10.5 Å². The molecule has 32 heavy (non-hydrogen) atoms. The molecule has 2 heterocycles. The van der Waals surface area contributed by atoms with Crippen molar-refractivity contribution >= 4 is 56.6 Å². The lowest BCUT2D eigenvalue weighted by atomic mass is 10.0. The van der Waals surface area contributed by atoms with E-state index in [0.29, 0.717) is 47.3 Å². The Balaban J connectivity index is 0.000000769. The largest absolute Gasteiger partial charge is 0.444 e. The molecular formula is C22H31Cl3N2O4S. The van der Waals surface area contributed by atoms with Gasteiger partial charge in [-0.15, -0.1) is 11.6 Å². The SMILES string of the molecule is C/C=C(\CC)S(=O)(=O)N1CCC(N2C(=O)OCc3cc(Cl)ccc32)CC1.C=C(C)Cl.CCl. The number of ether oxygens (including phenoxy) is 1. The molecule has 0 bridgehead atoms. The highest BCUT2D eigenvalue weighted by Crippen LogP contribution is 2.34. The second-order valence-electron chi connectivity index (χ2n) is 7.12. The highest BCUT2D eigenvalue weighted by molar-refractivity contribution is 7.93. The predicted molar refractivity (Wildman–Crippen MR) is 134 cm³/mol. The molecule has 0 atom stereocenters. The molecule has 6 nitrogen and oxygen atoms in total. The Morgan fingerprint density at radius 1 is 1.28 bits per heavy atom. The van der Waals surface area contributed by atoms with Crippen LogP contribution in [0.1, 0.15) is 45.6 Å². The Morgan fingerprint density at radius 2 is 1.84 bits per heavy atom. The second kappa shape index (κ2) is 13.5. The smallest absolute Gasteiger partial charge is 0.414 e. The Morgan fingerprint density at radius 3 is 2.34 bits per heavy atom. The van der Waals surface area contributed by atoms with Gasteiger partial charge in [0.05, 0.1) is 10.6 Å². The number of alkyl halides is 1. The number of fused-ring (bicyclic) bond motifs is 1. The van der Waals surface area contributed by atoms with Gasteiger partial charge in [-0.05, 0) is 51.3 Å². The molecule has 0 saturated carbocycles. The van der Waals surface area contributed by atoms with Crippen molar-refractivity contribution in [3.63, 3.8) is 0 Å². The zero-order valence-electron chi connectivity index (χ0n) is 18.9. The lowest BCUT2D eigenvalue weighted by Gasteiger charge is -2.40. The fourth-order valence-corrected chi connectivity index (χ4v) is 5.48. The molecule has 0 unspecified atom stereocenters. The molecule has 10 heteroatoms. The lowest BCUT2D eigenvalue weighted by molar-refractivity contribution is 0.136. The molecule has 180 valence electrons. The summed E-state index contributed by atoms with van der Waals surface area (Å²) in [4.78, 5) is 14.4. The van der Waals surface area contributed by atoms with E-state index < -0.39 is 10.0 Å². The van der Waals surface area contributed by atoms with E-state index in [1.165, 1.54) is 10.7 Å². The van der Waals surface area contributed by atoms with Gasteiger partial charge >= 0.3 is 6.09 Å². The Kier molecular flexibility index (Phi) is 12.1. The van der Waals surface area contributed by atoms with Crippen molar-refractivity contribution < 1.29 is 17.9 Å². The van der Waals surface area contributed by atoms with Crippen LogP contribution in [0.2, 0.25) is 5.02 Å². The van der Waals surface area contributed by atoms with E-state index in [1.54, 1.807) is 37.0 Å². The van der Waals surface area contributed by atoms with Crippen molar-refractivity contribution in [2.24, 2.45) is 0 Å². The lowest BCUT2D eigenvalue weighted by Crippen LogP contribution is -2.50. The maximum Gasteiger partial charge on any atom is 0.414 e. The molecule has 1 fully saturated rings. The van der Waals surface area contributed by atoms with Crippen molar-refractivity contribution in [1.82, 2.24) is 4.31 Å². The average Bonchev–Trinajstić information content (AvgIpc) is 2.75. The fraction of sp³-hybridized carbons (Fsp3) is 0.500. The first-order valence-corrected chi connectivity index (χ1v) is 13.2. The first-order valence-electron chi connectivity index (χ1n) is 10.2. The Hall–Kier alpha value is -1.25. The molecule has 1 saturated heterocycles. The molecule has 2 aliphatic rings. The van der Waals surface area contributed by atoms with E-state index in [4.69, 9.17) is 27.9 Å². The minimum atomic E-state index is -3.42. The van der Waals surface area contributed by atoms with E-state index in [-0.39, 0.29) is 18.7 Å². The van der Waals surface area contributed by atoms with Crippen LogP contribution in [0.3, 0.4) is 0 Å². The summed E-state index contributed by atoms with van der Waals surface area (Å²) in [6.07, 6.45) is 4.35. The van der Waals surface area contributed by atoms with Crippen molar-refractivity contribution in [1.29, 1.82) is 0 Å². The number of benzene rings is 1. The molecule has 1 aromatic carbocycles. The van der Waals surface area contributed by atoms with Crippen LogP contribution in [-0.4, -0.2) is 44.3 Å². The summed E-state index contributed by atoms with van der Waals surface area (Å²) in [5, 5.41) is 1.24. The standard InChI is InChI=1S/C18H23ClN2O4S.C3H5Cl.CH3Cl/c1-3-16(4-2)26(23,24)20-9-7-15(8-10-20)21-17-6-5-14(19)11-13(17)12-25-18(21)22;1-3(2)4;1-2/h3,5-6,11,15H,4,7-10,12H2,1-2H3;1H2,2H3;1H3/b16-3+;;. The highest BCUT2D eigenvalue weighted by Gasteiger charge is 2.37. The zero-order valence-corrected chi connectivity index (χ0v) is 22.0. The highest BCUT2D eigenvalue weighted by atomic mass is 35.5. The van der Waals surface area contributed by atoms with E-state index in [9.17, 15) is 13.2 Å². The third-order valence-corrected chi connectivity index (χ3v) is 7.45. The monoisotopic (exact) mass is 524 g/mol. The third kappa shape index (κ3) is 7.39. The van der Waals surface area contributed by atoms with Crippen LogP contribution >= 0.6 is 34.8 Å². The quantitative estimate of drug-likeness (QED) is 0.420.